The lowest BCUT2D eigenvalue weighted by molar-refractivity contribution is -0.135. The van der Waals surface area contributed by atoms with Crippen molar-refractivity contribution in [3.8, 4) is 0 Å². The van der Waals surface area contributed by atoms with Crippen LogP contribution in [0.2, 0.25) is 0 Å². The molecule has 0 aromatic heterocycles. The van der Waals surface area contributed by atoms with E-state index in [0.29, 0.717) is 18.9 Å². The van der Waals surface area contributed by atoms with Crippen LogP contribution in [0.3, 0.4) is 0 Å². The van der Waals surface area contributed by atoms with E-state index >= 15 is 0 Å². The number of aryl methyl sites for hydroxylation is 2. The number of carbonyl (C=O) groups excluding carboxylic acids is 1. The summed E-state index contributed by atoms with van der Waals surface area (Å²) in [6.45, 7) is 5.79. The molecule has 1 amide bonds. The molecule has 1 aliphatic heterocycles. The molecule has 1 heterocycles. The van der Waals surface area contributed by atoms with Crippen LogP contribution in [0.15, 0.2) is 24.3 Å². The van der Waals surface area contributed by atoms with E-state index in [1.807, 2.05) is 4.90 Å². The van der Waals surface area contributed by atoms with Crippen LogP contribution in [0.25, 0.3) is 0 Å². The van der Waals surface area contributed by atoms with Gasteiger partial charge in [-0.05, 0) is 37.7 Å². The van der Waals surface area contributed by atoms with Gasteiger partial charge < -0.3 is 10.6 Å². The molecule has 1 saturated heterocycles. The lowest BCUT2D eigenvalue weighted by Crippen LogP contribution is -2.49. The van der Waals surface area contributed by atoms with E-state index < -0.39 is 0 Å². The first-order valence-electron chi connectivity index (χ1n) is 7.65. The van der Waals surface area contributed by atoms with E-state index in [4.69, 9.17) is 5.73 Å². The molecule has 0 bridgehead atoms. The molecule has 2 rings (SSSR count). The number of rotatable bonds is 4. The average Bonchev–Trinajstić information content (AvgIpc) is 2.44. The molecule has 1 fully saturated rings. The summed E-state index contributed by atoms with van der Waals surface area (Å²) in [5.41, 5.74) is 8.32. The van der Waals surface area contributed by atoms with Crippen LogP contribution in [0.1, 0.15) is 37.3 Å². The summed E-state index contributed by atoms with van der Waals surface area (Å²) in [6, 6.07) is 8.64. The minimum absolute atomic E-state index is 0.240. The van der Waals surface area contributed by atoms with Crippen molar-refractivity contribution in [2.24, 2.45) is 11.7 Å². The van der Waals surface area contributed by atoms with E-state index in [1.165, 1.54) is 11.1 Å². The molecule has 3 nitrogen and oxygen atoms in total. The largest absolute Gasteiger partial charge is 0.338 e. The van der Waals surface area contributed by atoms with Crippen molar-refractivity contribution in [3.63, 3.8) is 0 Å². The first-order valence-corrected chi connectivity index (χ1v) is 7.65. The van der Waals surface area contributed by atoms with Gasteiger partial charge >= 0.3 is 0 Å². The molecule has 2 N–H and O–H groups in total. The van der Waals surface area contributed by atoms with Crippen molar-refractivity contribution in [3.05, 3.63) is 35.4 Å². The minimum Gasteiger partial charge on any atom is -0.338 e. The highest BCUT2D eigenvalue weighted by atomic mass is 16.2. The molecule has 2 unspecified atom stereocenters. The molecule has 0 aliphatic carbocycles. The Hall–Kier alpha value is -1.35. The number of hydrogen-bond acceptors (Lipinski definition) is 2. The van der Waals surface area contributed by atoms with Crippen molar-refractivity contribution in [1.82, 2.24) is 4.90 Å². The number of amides is 1. The summed E-state index contributed by atoms with van der Waals surface area (Å²) in [6.07, 6.45) is 3.57. The molecular formula is C17H26N2O. The lowest BCUT2D eigenvalue weighted by atomic mass is 9.92. The molecule has 0 radical (unpaired) electrons. The summed E-state index contributed by atoms with van der Waals surface area (Å²) < 4.78 is 0. The van der Waals surface area contributed by atoms with Gasteiger partial charge in [-0.1, -0.05) is 36.8 Å². The molecule has 0 spiro atoms. The van der Waals surface area contributed by atoms with Crippen molar-refractivity contribution in [1.29, 1.82) is 0 Å². The van der Waals surface area contributed by atoms with Crippen LogP contribution in [-0.2, 0) is 11.2 Å². The molecule has 20 heavy (non-hydrogen) atoms. The van der Waals surface area contributed by atoms with Gasteiger partial charge in [0.25, 0.3) is 0 Å². The Kier molecular flexibility index (Phi) is 5.18. The Morgan fingerprint density at radius 3 is 2.95 bits per heavy atom. The average molecular weight is 274 g/mol. The summed E-state index contributed by atoms with van der Waals surface area (Å²) in [5.74, 6) is 0.943. The van der Waals surface area contributed by atoms with Gasteiger partial charge in [-0.2, -0.15) is 0 Å². The zero-order chi connectivity index (χ0) is 14.5. The van der Waals surface area contributed by atoms with Gasteiger partial charge in [0.2, 0.25) is 5.91 Å². The number of nitrogens with zero attached hydrogens (tertiary/aromatic N) is 1. The standard InChI is InChI=1S/C17H26N2O/c1-13-4-3-5-15(10-13)6-7-17(20)19-9-8-14(2)11-16(19)12-18/h3-5,10,14,16H,6-9,11-12,18H2,1-2H3. The Bertz CT molecular complexity index is 458. The van der Waals surface area contributed by atoms with Crippen molar-refractivity contribution < 1.29 is 4.79 Å². The SMILES string of the molecule is Cc1cccc(CCC(=O)N2CCC(C)CC2CN)c1. The van der Waals surface area contributed by atoms with Gasteiger partial charge in [-0.25, -0.2) is 0 Å². The maximum Gasteiger partial charge on any atom is 0.223 e. The summed E-state index contributed by atoms with van der Waals surface area (Å²) in [7, 11) is 0. The Balaban J connectivity index is 1.91. The minimum atomic E-state index is 0.240. The molecule has 2 atom stereocenters. The van der Waals surface area contributed by atoms with Gasteiger partial charge in [0.15, 0.2) is 0 Å². The van der Waals surface area contributed by atoms with Crippen LogP contribution in [0.5, 0.6) is 0 Å². The number of carbonyl (C=O) groups is 1. The quantitative estimate of drug-likeness (QED) is 0.917. The van der Waals surface area contributed by atoms with E-state index in [9.17, 15) is 4.79 Å². The Labute approximate surface area is 122 Å². The van der Waals surface area contributed by atoms with Gasteiger partial charge in [0, 0.05) is 25.6 Å². The number of benzene rings is 1. The van der Waals surface area contributed by atoms with E-state index in [2.05, 4.69) is 38.1 Å². The molecule has 0 saturated carbocycles. The fraction of sp³-hybridized carbons (Fsp3) is 0.588. The first-order chi connectivity index (χ1) is 9.60. The maximum atomic E-state index is 12.4. The summed E-state index contributed by atoms with van der Waals surface area (Å²) in [4.78, 5) is 14.4. The summed E-state index contributed by atoms with van der Waals surface area (Å²) >= 11 is 0. The topological polar surface area (TPSA) is 46.3 Å². The van der Waals surface area contributed by atoms with Crippen molar-refractivity contribution in [2.75, 3.05) is 13.1 Å². The lowest BCUT2D eigenvalue weighted by Gasteiger charge is -2.38. The van der Waals surface area contributed by atoms with Gasteiger partial charge in [-0.3, -0.25) is 4.79 Å². The third-order valence-corrected chi connectivity index (χ3v) is 4.28. The Morgan fingerprint density at radius 1 is 1.45 bits per heavy atom. The van der Waals surface area contributed by atoms with E-state index in [0.717, 1.165) is 25.8 Å². The van der Waals surface area contributed by atoms with Crippen LogP contribution in [-0.4, -0.2) is 29.9 Å². The fourth-order valence-electron chi connectivity index (χ4n) is 3.07. The zero-order valence-corrected chi connectivity index (χ0v) is 12.6. The highest BCUT2D eigenvalue weighted by Crippen LogP contribution is 2.22. The predicted octanol–water partition coefficient (Wildman–Crippen LogP) is 2.51. The summed E-state index contributed by atoms with van der Waals surface area (Å²) in [5, 5.41) is 0. The second kappa shape index (κ2) is 6.89. The first kappa shape index (κ1) is 15.0. The number of hydrogen-bond donors (Lipinski definition) is 1. The normalized spacial score (nSPS) is 22.9. The van der Waals surface area contributed by atoms with E-state index in [-0.39, 0.29) is 11.9 Å². The van der Waals surface area contributed by atoms with Gasteiger partial charge in [-0.15, -0.1) is 0 Å². The number of nitrogens with two attached hydrogens (primary N) is 1. The third kappa shape index (κ3) is 3.83. The second-order valence-corrected chi connectivity index (χ2v) is 6.10. The molecule has 1 aromatic carbocycles. The van der Waals surface area contributed by atoms with Crippen molar-refractivity contribution in [2.45, 2.75) is 45.6 Å². The Morgan fingerprint density at radius 2 is 2.25 bits per heavy atom. The molecule has 110 valence electrons. The van der Waals surface area contributed by atoms with E-state index in [1.54, 1.807) is 0 Å². The van der Waals surface area contributed by atoms with Crippen LogP contribution in [0.4, 0.5) is 0 Å². The third-order valence-electron chi connectivity index (χ3n) is 4.28. The van der Waals surface area contributed by atoms with Crippen LogP contribution < -0.4 is 5.73 Å². The highest BCUT2D eigenvalue weighted by molar-refractivity contribution is 5.77. The zero-order valence-electron chi connectivity index (χ0n) is 12.6. The number of likely N-dealkylation sites (tertiary alicyclic amines) is 1. The maximum absolute atomic E-state index is 12.4. The van der Waals surface area contributed by atoms with Crippen molar-refractivity contribution >= 4 is 5.91 Å². The fourth-order valence-corrected chi connectivity index (χ4v) is 3.07. The molecular weight excluding hydrogens is 248 g/mol. The van der Waals surface area contributed by atoms with Gasteiger partial charge in [0.05, 0.1) is 0 Å². The number of piperidine rings is 1. The molecule has 1 aliphatic rings. The molecule has 1 aromatic rings. The monoisotopic (exact) mass is 274 g/mol. The highest BCUT2D eigenvalue weighted by Gasteiger charge is 2.28. The van der Waals surface area contributed by atoms with Crippen LogP contribution >= 0.6 is 0 Å². The smallest absolute Gasteiger partial charge is 0.223 e. The van der Waals surface area contributed by atoms with Crippen LogP contribution in [0, 0.1) is 12.8 Å². The van der Waals surface area contributed by atoms with Gasteiger partial charge in [0.1, 0.15) is 0 Å². The predicted molar refractivity (Wildman–Crippen MR) is 82.5 cm³/mol. The second-order valence-electron chi connectivity index (χ2n) is 6.10. The molecule has 3 heteroatoms.